The van der Waals surface area contributed by atoms with E-state index < -0.39 is 0 Å². The lowest BCUT2D eigenvalue weighted by atomic mass is 10.1. The number of carbonyl (C=O) groups is 1. The Hall–Kier alpha value is -2.14. The highest BCUT2D eigenvalue weighted by Crippen LogP contribution is 2.21. The van der Waals surface area contributed by atoms with Gasteiger partial charge in [0.2, 0.25) is 5.91 Å². The maximum absolute atomic E-state index is 12.6. The molecule has 5 heteroatoms. The van der Waals surface area contributed by atoms with E-state index in [0.29, 0.717) is 6.04 Å². The summed E-state index contributed by atoms with van der Waals surface area (Å²) < 4.78 is 1.85. The number of amides is 1. The summed E-state index contributed by atoms with van der Waals surface area (Å²) in [5.74, 6) is 0.0711. The lowest BCUT2D eigenvalue weighted by Crippen LogP contribution is -2.39. The van der Waals surface area contributed by atoms with Gasteiger partial charge >= 0.3 is 0 Å². The van der Waals surface area contributed by atoms with Crippen LogP contribution in [0, 0.1) is 0 Å². The number of likely N-dealkylation sites (tertiary alicyclic amines) is 1. The van der Waals surface area contributed by atoms with Gasteiger partial charge in [-0.3, -0.25) is 14.4 Å². The molecule has 1 aromatic carbocycles. The van der Waals surface area contributed by atoms with Crippen molar-refractivity contribution in [2.75, 3.05) is 11.9 Å². The van der Waals surface area contributed by atoms with Crippen molar-refractivity contribution in [1.29, 1.82) is 0 Å². The van der Waals surface area contributed by atoms with Crippen LogP contribution in [0.4, 0.5) is 5.69 Å². The molecule has 0 bridgehead atoms. The van der Waals surface area contributed by atoms with Gasteiger partial charge in [-0.15, -0.1) is 0 Å². The smallest absolute Gasteiger partial charge is 0.241 e. The molecule has 1 aliphatic rings. The van der Waals surface area contributed by atoms with Crippen LogP contribution in [0.2, 0.25) is 0 Å². The second-order valence-corrected chi connectivity index (χ2v) is 6.41. The largest absolute Gasteiger partial charge is 0.322 e. The van der Waals surface area contributed by atoms with E-state index in [4.69, 9.17) is 0 Å². The number of benzene rings is 1. The van der Waals surface area contributed by atoms with Crippen LogP contribution in [0.25, 0.3) is 0 Å². The molecule has 3 rings (SSSR count). The van der Waals surface area contributed by atoms with Crippen molar-refractivity contribution < 1.29 is 4.79 Å². The quantitative estimate of drug-likeness (QED) is 0.923. The van der Waals surface area contributed by atoms with Crippen LogP contribution in [0.15, 0.2) is 42.7 Å². The highest BCUT2D eigenvalue weighted by atomic mass is 16.2. The Bertz CT molecular complexity index is 650. The number of rotatable bonds is 5. The van der Waals surface area contributed by atoms with Gasteiger partial charge < -0.3 is 5.32 Å². The Kier molecular flexibility index (Phi) is 4.76. The summed E-state index contributed by atoms with van der Waals surface area (Å²) in [6, 6.07) is 10.6. The SMILES string of the molecule is CC(C)n1cc(NC(=O)C2CCCN2Cc2ccccc2)cn1. The first-order valence-electron chi connectivity index (χ1n) is 8.26. The van der Waals surface area contributed by atoms with Crippen LogP contribution < -0.4 is 5.32 Å². The van der Waals surface area contributed by atoms with E-state index in [-0.39, 0.29) is 11.9 Å². The molecule has 0 saturated carbocycles. The molecule has 1 fully saturated rings. The van der Waals surface area contributed by atoms with Crippen molar-refractivity contribution in [3.8, 4) is 0 Å². The highest BCUT2D eigenvalue weighted by Gasteiger charge is 2.30. The summed E-state index contributed by atoms with van der Waals surface area (Å²) in [6.45, 7) is 5.93. The fraction of sp³-hybridized carbons (Fsp3) is 0.444. The third kappa shape index (κ3) is 3.79. The molecular weight excluding hydrogens is 288 g/mol. The number of anilines is 1. The van der Waals surface area contributed by atoms with Gasteiger partial charge in [-0.05, 0) is 38.8 Å². The van der Waals surface area contributed by atoms with Crippen LogP contribution in [0.1, 0.15) is 38.3 Å². The molecule has 1 saturated heterocycles. The minimum Gasteiger partial charge on any atom is -0.322 e. The molecule has 1 unspecified atom stereocenters. The molecule has 0 radical (unpaired) electrons. The van der Waals surface area contributed by atoms with Gasteiger partial charge in [-0.25, -0.2) is 0 Å². The van der Waals surface area contributed by atoms with E-state index >= 15 is 0 Å². The highest BCUT2D eigenvalue weighted by molar-refractivity contribution is 5.94. The van der Waals surface area contributed by atoms with Crippen molar-refractivity contribution in [1.82, 2.24) is 14.7 Å². The first-order chi connectivity index (χ1) is 11.1. The number of hydrogen-bond acceptors (Lipinski definition) is 3. The van der Waals surface area contributed by atoms with E-state index in [1.807, 2.05) is 29.1 Å². The van der Waals surface area contributed by atoms with Crippen LogP contribution in [0.5, 0.6) is 0 Å². The fourth-order valence-electron chi connectivity index (χ4n) is 3.04. The molecule has 2 aromatic rings. The van der Waals surface area contributed by atoms with Gasteiger partial charge in [-0.1, -0.05) is 30.3 Å². The predicted molar refractivity (Wildman–Crippen MR) is 91.1 cm³/mol. The third-order valence-electron chi connectivity index (χ3n) is 4.29. The molecule has 1 atom stereocenters. The fourth-order valence-corrected chi connectivity index (χ4v) is 3.04. The Balaban J connectivity index is 1.63. The number of nitrogens with zero attached hydrogens (tertiary/aromatic N) is 3. The topological polar surface area (TPSA) is 50.2 Å². The van der Waals surface area contributed by atoms with Crippen LogP contribution in [0.3, 0.4) is 0 Å². The van der Waals surface area contributed by atoms with E-state index in [1.54, 1.807) is 6.20 Å². The second kappa shape index (κ2) is 6.96. The van der Waals surface area contributed by atoms with Gasteiger partial charge in [0.05, 0.1) is 17.9 Å². The maximum Gasteiger partial charge on any atom is 0.241 e. The molecule has 122 valence electrons. The summed E-state index contributed by atoms with van der Waals surface area (Å²) in [5.41, 5.74) is 2.02. The normalized spacial score (nSPS) is 18.5. The van der Waals surface area contributed by atoms with Crippen molar-refractivity contribution in [2.24, 2.45) is 0 Å². The standard InChI is InChI=1S/C18H24N4O/c1-14(2)22-13-16(11-19-22)20-18(23)17-9-6-10-21(17)12-15-7-4-3-5-8-15/h3-5,7-8,11,13-14,17H,6,9-10,12H2,1-2H3,(H,20,23). The minimum atomic E-state index is -0.0578. The monoisotopic (exact) mass is 312 g/mol. The average molecular weight is 312 g/mol. The maximum atomic E-state index is 12.6. The Morgan fingerprint density at radius 1 is 1.35 bits per heavy atom. The molecule has 1 aromatic heterocycles. The zero-order chi connectivity index (χ0) is 16.2. The van der Waals surface area contributed by atoms with Gasteiger partial charge in [0.15, 0.2) is 0 Å². The van der Waals surface area contributed by atoms with E-state index in [1.165, 1.54) is 5.56 Å². The van der Waals surface area contributed by atoms with Gasteiger partial charge in [0.25, 0.3) is 0 Å². The Morgan fingerprint density at radius 2 is 2.13 bits per heavy atom. The Morgan fingerprint density at radius 3 is 2.83 bits per heavy atom. The minimum absolute atomic E-state index is 0.0578. The van der Waals surface area contributed by atoms with E-state index in [0.717, 1.165) is 31.6 Å². The molecule has 1 N–H and O–H groups in total. The van der Waals surface area contributed by atoms with Crippen LogP contribution >= 0.6 is 0 Å². The van der Waals surface area contributed by atoms with Crippen molar-refractivity contribution in [3.63, 3.8) is 0 Å². The molecule has 1 amide bonds. The average Bonchev–Trinajstić information content (AvgIpc) is 3.17. The molecular formula is C18H24N4O. The lowest BCUT2D eigenvalue weighted by molar-refractivity contribution is -0.120. The Labute approximate surface area is 137 Å². The number of hydrogen-bond donors (Lipinski definition) is 1. The van der Waals surface area contributed by atoms with Crippen molar-refractivity contribution >= 4 is 11.6 Å². The number of nitrogens with one attached hydrogen (secondary N) is 1. The molecule has 23 heavy (non-hydrogen) atoms. The van der Waals surface area contributed by atoms with Crippen LogP contribution in [-0.2, 0) is 11.3 Å². The third-order valence-corrected chi connectivity index (χ3v) is 4.29. The first kappa shape index (κ1) is 15.7. The molecule has 0 aliphatic carbocycles. The number of aromatic nitrogens is 2. The van der Waals surface area contributed by atoms with E-state index in [9.17, 15) is 4.79 Å². The molecule has 1 aliphatic heterocycles. The van der Waals surface area contributed by atoms with Gasteiger partial charge in [0.1, 0.15) is 0 Å². The summed E-state index contributed by atoms with van der Waals surface area (Å²) in [5, 5.41) is 7.28. The van der Waals surface area contributed by atoms with Crippen molar-refractivity contribution in [2.45, 2.75) is 45.3 Å². The van der Waals surface area contributed by atoms with Crippen molar-refractivity contribution in [3.05, 3.63) is 48.3 Å². The van der Waals surface area contributed by atoms with Gasteiger partial charge in [-0.2, -0.15) is 5.10 Å². The molecule has 2 heterocycles. The van der Waals surface area contributed by atoms with Gasteiger partial charge in [0, 0.05) is 18.8 Å². The summed E-state index contributed by atoms with van der Waals surface area (Å²) in [6.07, 6.45) is 5.58. The zero-order valence-corrected chi connectivity index (χ0v) is 13.8. The second-order valence-electron chi connectivity index (χ2n) is 6.41. The molecule has 0 spiro atoms. The predicted octanol–water partition coefficient (Wildman–Crippen LogP) is 3.07. The first-order valence-corrected chi connectivity index (χ1v) is 8.26. The lowest BCUT2D eigenvalue weighted by Gasteiger charge is -2.23. The summed E-state index contributed by atoms with van der Waals surface area (Å²) >= 11 is 0. The van der Waals surface area contributed by atoms with Crippen LogP contribution in [-0.4, -0.2) is 33.2 Å². The summed E-state index contributed by atoms with van der Waals surface area (Å²) in [7, 11) is 0. The van der Waals surface area contributed by atoms with E-state index in [2.05, 4.69) is 41.3 Å². The summed E-state index contributed by atoms with van der Waals surface area (Å²) in [4.78, 5) is 14.9. The molecule has 5 nitrogen and oxygen atoms in total. The number of carbonyl (C=O) groups excluding carboxylic acids is 1. The zero-order valence-electron chi connectivity index (χ0n) is 13.8.